The molecule has 1 N–H and O–H groups in total. The number of rotatable bonds is 3. The summed E-state index contributed by atoms with van der Waals surface area (Å²) in [6.45, 7) is 1.81. The molecule has 3 aromatic heterocycles. The number of carbonyl (C=O) groups is 1. The Balaban J connectivity index is 1.69. The highest BCUT2D eigenvalue weighted by Gasteiger charge is 2.20. The number of hydrogen-bond acceptors (Lipinski definition) is 4. The third-order valence-corrected chi connectivity index (χ3v) is 4.81. The molecule has 1 fully saturated rings. The second kappa shape index (κ2) is 5.51. The first-order chi connectivity index (χ1) is 11.5. The first-order valence-corrected chi connectivity index (χ1v) is 8.28. The minimum absolute atomic E-state index is 0.0587. The molecule has 3 aromatic rings. The Labute approximate surface area is 138 Å². The molecule has 0 saturated heterocycles. The lowest BCUT2D eigenvalue weighted by molar-refractivity contribution is -0.122. The molecule has 3 heterocycles. The van der Waals surface area contributed by atoms with Gasteiger partial charge in [0.2, 0.25) is 5.91 Å². The second-order valence-electron chi connectivity index (χ2n) is 6.55. The van der Waals surface area contributed by atoms with Crippen LogP contribution in [0.15, 0.2) is 21.5 Å². The Bertz CT molecular complexity index is 989. The zero-order valence-electron chi connectivity index (χ0n) is 13.8. The molecule has 24 heavy (non-hydrogen) atoms. The number of aryl methyl sites for hydroxylation is 2. The van der Waals surface area contributed by atoms with Gasteiger partial charge in [-0.15, -0.1) is 0 Å². The highest BCUT2D eigenvalue weighted by molar-refractivity contribution is 6.04. The molecule has 1 aliphatic rings. The average molecular weight is 328 g/mol. The summed E-state index contributed by atoms with van der Waals surface area (Å²) in [7, 11) is 1.82. The van der Waals surface area contributed by atoms with Crippen molar-refractivity contribution in [3.8, 4) is 0 Å². The fraction of sp³-hybridized carbons (Fsp3) is 0.471. The van der Waals surface area contributed by atoms with Gasteiger partial charge in [-0.2, -0.15) is 5.10 Å². The third-order valence-electron chi connectivity index (χ3n) is 4.81. The van der Waals surface area contributed by atoms with Crippen LogP contribution in [0.25, 0.3) is 22.0 Å². The summed E-state index contributed by atoms with van der Waals surface area (Å²) in [4.78, 5) is 24.9. The van der Waals surface area contributed by atoms with Crippen molar-refractivity contribution in [2.24, 2.45) is 7.05 Å². The van der Waals surface area contributed by atoms with E-state index in [2.05, 4.69) is 10.4 Å². The molecule has 0 radical (unpaired) electrons. The van der Waals surface area contributed by atoms with Gasteiger partial charge in [-0.05, 0) is 19.8 Å². The van der Waals surface area contributed by atoms with Crippen LogP contribution in [0.5, 0.6) is 0 Å². The number of nitrogens with one attached hydrogen (secondary N) is 1. The predicted molar refractivity (Wildman–Crippen MR) is 89.9 cm³/mol. The highest BCUT2D eigenvalue weighted by Crippen LogP contribution is 2.28. The fourth-order valence-electron chi connectivity index (χ4n) is 3.62. The van der Waals surface area contributed by atoms with E-state index < -0.39 is 0 Å². The van der Waals surface area contributed by atoms with Crippen LogP contribution in [0.1, 0.15) is 31.4 Å². The quantitative estimate of drug-likeness (QED) is 0.795. The summed E-state index contributed by atoms with van der Waals surface area (Å²) < 4.78 is 8.70. The normalized spacial score (nSPS) is 15.6. The predicted octanol–water partition coefficient (Wildman–Crippen LogP) is 1.85. The Kier molecular flexibility index (Phi) is 3.44. The van der Waals surface area contributed by atoms with Crippen LogP contribution < -0.4 is 10.9 Å². The van der Waals surface area contributed by atoms with Gasteiger partial charge in [0.1, 0.15) is 17.8 Å². The number of aromatic nitrogens is 3. The van der Waals surface area contributed by atoms with Gasteiger partial charge in [0.05, 0.1) is 17.1 Å². The minimum atomic E-state index is -0.277. The molecule has 0 unspecified atom stereocenters. The van der Waals surface area contributed by atoms with Gasteiger partial charge in [0.15, 0.2) is 5.58 Å². The van der Waals surface area contributed by atoms with Crippen LogP contribution in [0, 0.1) is 6.92 Å². The Morgan fingerprint density at radius 2 is 2.17 bits per heavy atom. The molecule has 0 spiro atoms. The lowest BCUT2D eigenvalue weighted by atomic mass is 10.2. The van der Waals surface area contributed by atoms with Gasteiger partial charge in [-0.3, -0.25) is 9.59 Å². The lowest BCUT2D eigenvalue weighted by Crippen LogP contribution is -2.38. The van der Waals surface area contributed by atoms with E-state index >= 15 is 0 Å². The smallest absolute Gasteiger partial charge is 0.291 e. The number of nitrogens with zero attached hydrogens (tertiary/aromatic N) is 3. The van der Waals surface area contributed by atoms with Crippen molar-refractivity contribution in [3.05, 3.63) is 28.4 Å². The van der Waals surface area contributed by atoms with Crippen molar-refractivity contribution in [2.45, 2.75) is 45.2 Å². The SMILES string of the molecule is Cc1cc2c(o1)c1cnn(CC(=O)NC3CCCC3)c(=O)c1n2C. The molecule has 7 nitrogen and oxygen atoms in total. The largest absolute Gasteiger partial charge is 0.459 e. The summed E-state index contributed by atoms with van der Waals surface area (Å²) in [6.07, 6.45) is 5.93. The van der Waals surface area contributed by atoms with Crippen molar-refractivity contribution < 1.29 is 9.21 Å². The second-order valence-corrected chi connectivity index (χ2v) is 6.55. The maximum Gasteiger partial charge on any atom is 0.291 e. The van der Waals surface area contributed by atoms with Gasteiger partial charge >= 0.3 is 0 Å². The van der Waals surface area contributed by atoms with Crippen molar-refractivity contribution in [3.63, 3.8) is 0 Å². The highest BCUT2D eigenvalue weighted by atomic mass is 16.3. The zero-order valence-corrected chi connectivity index (χ0v) is 13.8. The average Bonchev–Trinajstić information content (AvgIpc) is 3.22. The summed E-state index contributed by atoms with van der Waals surface area (Å²) in [5.41, 5.74) is 1.75. The molecular formula is C17H20N4O3. The van der Waals surface area contributed by atoms with Crippen LogP contribution in [0.2, 0.25) is 0 Å². The lowest BCUT2D eigenvalue weighted by Gasteiger charge is -2.12. The number of amides is 1. The molecule has 0 aromatic carbocycles. The van der Waals surface area contributed by atoms with Gasteiger partial charge in [0.25, 0.3) is 5.56 Å². The standard InChI is InChI=1S/C17H20N4O3/c1-10-7-13-16(24-10)12-8-18-21(17(23)15(12)20(13)2)9-14(22)19-11-5-3-4-6-11/h7-8,11H,3-6,9H2,1-2H3,(H,19,22). The minimum Gasteiger partial charge on any atom is -0.459 e. The van der Waals surface area contributed by atoms with E-state index in [1.165, 1.54) is 4.68 Å². The number of hydrogen-bond donors (Lipinski definition) is 1. The van der Waals surface area contributed by atoms with Crippen LogP contribution in [0.3, 0.4) is 0 Å². The molecule has 1 saturated carbocycles. The summed E-state index contributed by atoms with van der Waals surface area (Å²) in [5, 5.41) is 7.82. The van der Waals surface area contributed by atoms with E-state index in [1.54, 1.807) is 10.8 Å². The van der Waals surface area contributed by atoms with Crippen molar-refractivity contribution in [1.82, 2.24) is 19.7 Å². The van der Waals surface area contributed by atoms with E-state index in [4.69, 9.17) is 4.42 Å². The van der Waals surface area contributed by atoms with Crippen LogP contribution in [-0.2, 0) is 18.4 Å². The van der Waals surface area contributed by atoms with Crippen LogP contribution >= 0.6 is 0 Å². The monoisotopic (exact) mass is 328 g/mol. The Hall–Kier alpha value is -2.57. The number of fused-ring (bicyclic) bond motifs is 3. The third kappa shape index (κ3) is 2.31. The first-order valence-electron chi connectivity index (χ1n) is 8.28. The molecule has 0 atom stereocenters. The van der Waals surface area contributed by atoms with Crippen molar-refractivity contribution >= 4 is 27.9 Å². The Morgan fingerprint density at radius 1 is 1.42 bits per heavy atom. The van der Waals surface area contributed by atoms with Gasteiger partial charge in [0, 0.05) is 19.2 Å². The molecule has 1 amide bonds. The van der Waals surface area contributed by atoms with Crippen LogP contribution in [-0.4, -0.2) is 26.3 Å². The zero-order chi connectivity index (χ0) is 16.8. The van der Waals surface area contributed by atoms with Gasteiger partial charge < -0.3 is 14.3 Å². The first kappa shape index (κ1) is 15.0. The number of carbonyl (C=O) groups excluding carboxylic acids is 1. The maximum atomic E-state index is 12.7. The molecule has 1 aliphatic carbocycles. The van der Waals surface area contributed by atoms with Crippen molar-refractivity contribution in [2.75, 3.05) is 0 Å². The van der Waals surface area contributed by atoms with Crippen molar-refractivity contribution in [1.29, 1.82) is 0 Å². The maximum absolute atomic E-state index is 12.7. The van der Waals surface area contributed by atoms with E-state index in [0.717, 1.165) is 37.0 Å². The number of furan rings is 1. The molecule has 7 heteroatoms. The summed E-state index contributed by atoms with van der Waals surface area (Å²) in [6, 6.07) is 2.13. The van der Waals surface area contributed by atoms with Gasteiger partial charge in [-0.1, -0.05) is 12.8 Å². The topological polar surface area (TPSA) is 82.1 Å². The molecular weight excluding hydrogens is 308 g/mol. The van der Waals surface area contributed by atoms with E-state index in [-0.39, 0.29) is 24.1 Å². The molecule has 0 bridgehead atoms. The summed E-state index contributed by atoms with van der Waals surface area (Å²) >= 11 is 0. The fourth-order valence-corrected chi connectivity index (χ4v) is 3.62. The molecule has 4 rings (SSSR count). The summed E-state index contributed by atoms with van der Waals surface area (Å²) in [5.74, 6) is 0.627. The van der Waals surface area contributed by atoms with E-state index in [9.17, 15) is 9.59 Å². The van der Waals surface area contributed by atoms with Crippen LogP contribution in [0.4, 0.5) is 0 Å². The van der Waals surface area contributed by atoms with Gasteiger partial charge in [-0.25, -0.2) is 4.68 Å². The molecule has 0 aliphatic heterocycles. The van der Waals surface area contributed by atoms with E-state index in [1.807, 2.05) is 20.0 Å². The van der Waals surface area contributed by atoms with E-state index in [0.29, 0.717) is 16.5 Å². The Morgan fingerprint density at radius 3 is 2.92 bits per heavy atom. The molecule has 126 valence electrons.